The molecule has 0 saturated heterocycles. The monoisotopic (exact) mass is 408 g/mol. The zero-order valence-corrected chi connectivity index (χ0v) is 17.2. The van der Waals surface area contributed by atoms with Crippen LogP contribution in [0.3, 0.4) is 0 Å². The van der Waals surface area contributed by atoms with Crippen LogP contribution < -0.4 is 14.4 Å². The molecule has 28 heavy (non-hydrogen) atoms. The minimum atomic E-state index is -3.65. The molecule has 152 valence electrons. The number of hydrogen-bond acceptors (Lipinski definition) is 4. The van der Waals surface area contributed by atoms with Crippen molar-refractivity contribution >= 4 is 21.6 Å². The number of nitrogens with one attached hydrogen (secondary N) is 1. The molecular weight excluding hydrogens is 383 g/mol. The van der Waals surface area contributed by atoms with Crippen LogP contribution in [0, 0.1) is 11.7 Å². The lowest BCUT2D eigenvalue weighted by Crippen LogP contribution is -2.30. The first kappa shape index (κ1) is 21.7. The summed E-state index contributed by atoms with van der Waals surface area (Å²) in [6.07, 6.45) is 1.07. The van der Waals surface area contributed by atoms with Crippen molar-refractivity contribution in [2.24, 2.45) is 5.92 Å². The highest BCUT2D eigenvalue weighted by Gasteiger charge is 2.21. The zero-order chi connectivity index (χ0) is 20.9. The van der Waals surface area contributed by atoms with Gasteiger partial charge in [0.15, 0.2) is 0 Å². The molecule has 0 unspecified atom stereocenters. The number of rotatable bonds is 8. The van der Waals surface area contributed by atoms with Crippen molar-refractivity contribution in [3.8, 4) is 5.75 Å². The smallest absolute Gasteiger partial charge is 0.251 e. The van der Waals surface area contributed by atoms with Gasteiger partial charge in [-0.15, -0.1) is 0 Å². The number of halogens is 1. The third-order valence-corrected chi connectivity index (χ3v) is 5.18. The number of carbonyl (C=O) groups excluding carboxylic acids is 1. The van der Waals surface area contributed by atoms with Crippen molar-refractivity contribution in [1.82, 2.24) is 5.32 Å². The summed E-state index contributed by atoms with van der Waals surface area (Å²) in [4.78, 5) is 12.4. The molecule has 2 rings (SSSR count). The van der Waals surface area contributed by atoms with Crippen molar-refractivity contribution in [3.05, 3.63) is 59.4 Å². The first-order valence-electron chi connectivity index (χ1n) is 8.80. The number of methoxy groups -OCH3 is 1. The molecule has 2 aromatic rings. The normalized spacial score (nSPS) is 11.4. The molecule has 0 aliphatic heterocycles. The van der Waals surface area contributed by atoms with Gasteiger partial charge in [0.05, 0.1) is 25.6 Å². The van der Waals surface area contributed by atoms with Gasteiger partial charge in [0.2, 0.25) is 10.0 Å². The van der Waals surface area contributed by atoms with Gasteiger partial charge in [-0.1, -0.05) is 13.8 Å². The van der Waals surface area contributed by atoms with Crippen LogP contribution in [-0.2, 0) is 16.6 Å². The van der Waals surface area contributed by atoms with Gasteiger partial charge in [-0.3, -0.25) is 9.10 Å². The highest BCUT2D eigenvalue weighted by atomic mass is 32.2. The van der Waals surface area contributed by atoms with Gasteiger partial charge < -0.3 is 10.1 Å². The summed E-state index contributed by atoms with van der Waals surface area (Å²) >= 11 is 0. The fraction of sp³-hybridized carbons (Fsp3) is 0.350. The Morgan fingerprint density at radius 1 is 1.18 bits per heavy atom. The van der Waals surface area contributed by atoms with Crippen molar-refractivity contribution in [2.75, 3.05) is 24.2 Å². The van der Waals surface area contributed by atoms with Crippen molar-refractivity contribution in [3.63, 3.8) is 0 Å². The number of sulfonamides is 1. The van der Waals surface area contributed by atoms with Crippen LogP contribution in [-0.4, -0.2) is 34.2 Å². The molecule has 2 aromatic carbocycles. The quantitative estimate of drug-likeness (QED) is 0.728. The van der Waals surface area contributed by atoms with Crippen LogP contribution in [0.5, 0.6) is 5.75 Å². The molecule has 0 atom stereocenters. The molecule has 0 saturated carbocycles. The Balaban J connectivity index is 2.38. The average Bonchev–Trinajstić information content (AvgIpc) is 2.64. The number of benzene rings is 2. The zero-order valence-electron chi connectivity index (χ0n) is 16.4. The summed E-state index contributed by atoms with van der Waals surface area (Å²) in [6, 6.07) is 10.0. The Labute approximate surface area is 165 Å². The van der Waals surface area contributed by atoms with Crippen LogP contribution in [0.4, 0.5) is 10.1 Å². The molecule has 0 aliphatic carbocycles. The summed E-state index contributed by atoms with van der Waals surface area (Å²) in [5.74, 6) is 0.0564. The van der Waals surface area contributed by atoms with E-state index in [0.717, 1.165) is 10.6 Å². The number of anilines is 1. The Kier molecular flexibility index (Phi) is 7.01. The number of hydrogen-bond donors (Lipinski definition) is 1. The highest BCUT2D eigenvalue weighted by Crippen LogP contribution is 2.26. The van der Waals surface area contributed by atoms with E-state index in [1.165, 1.54) is 31.4 Å². The Morgan fingerprint density at radius 3 is 2.36 bits per heavy atom. The lowest BCUT2D eigenvalue weighted by Gasteiger charge is -2.24. The molecule has 0 bridgehead atoms. The topological polar surface area (TPSA) is 75.7 Å². The predicted octanol–water partition coefficient (Wildman–Crippen LogP) is 3.19. The second kappa shape index (κ2) is 9.05. The third kappa shape index (κ3) is 5.69. The fourth-order valence-electron chi connectivity index (χ4n) is 2.60. The summed E-state index contributed by atoms with van der Waals surface area (Å²) < 4.78 is 44.4. The predicted molar refractivity (Wildman–Crippen MR) is 108 cm³/mol. The minimum Gasteiger partial charge on any atom is -0.496 e. The molecule has 0 fully saturated rings. The van der Waals surface area contributed by atoms with Gasteiger partial charge in [0.25, 0.3) is 5.91 Å². The molecule has 0 aliphatic rings. The molecule has 0 heterocycles. The first-order chi connectivity index (χ1) is 13.1. The number of ether oxygens (including phenoxy) is 1. The van der Waals surface area contributed by atoms with E-state index in [9.17, 15) is 17.6 Å². The van der Waals surface area contributed by atoms with Crippen LogP contribution in [0.25, 0.3) is 0 Å². The summed E-state index contributed by atoms with van der Waals surface area (Å²) in [7, 11) is -2.18. The molecule has 0 radical (unpaired) electrons. The van der Waals surface area contributed by atoms with E-state index in [1.807, 2.05) is 13.8 Å². The minimum absolute atomic E-state index is 0.0566. The Hall–Kier alpha value is -2.61. The van der Waals surface area contributed by atoms with Gasteiger partial charge in [0, 0.05) is 17.7 Å². The first-order valence-corrected chi connectivity index (χ1v) is 10.6. The molecule has 0 aromatic heterocycles. The lowest BCUT2D eigenvalue weighted by molar-refractivity contribution is 0.0949. The molecule has 1 amide bonds. The molecule has 8 heteroatoms. The number of amides is 1. The Bertz CT molecular complexity index is 928. The molecule has 6 nitrogen and oxygen atoms in total. The van der Waals surface area contributed by atoms with E-state index in [1.54, 1.807) is 18.2 Å². The second-order valence-electron chi connectivity index (χ2n) is 6.88. The number of carbonyl (C=O) groups is 1. The van der Waals surface area contributed by atoms with E-state index in [4.69, 9.17) is 4.74 Å². The maximum atomic E-state index is 13.2. The Morgan fingerprint density at radius 2 is 1.82 bits per heavy atom. The lowest BCUT2D eigenvalue weighted by atomic mass is 10.1. The maximum absolute atomic E-state index is 13.2. The largest absolute Gasteiger partial charge is 0.496 e. The second-order valence-corrected chi connectivity index (χ2v) is 8.78. The van der Waals surface area contributed by atoms with Gasteiger partial charge in [-0.05, 0) is 48.4 Å². The van der Waals surface area contributed by atoms with Crippen LogP contribution in [0.15, 0.2) is 42.5 Å². The summed E-state index contributed by atoms with van der Waals surface area (Å²) in [5, 5.41) is 2.83. The van der Waals surface area contributed by atoms with E-state index >= 15 is 0 Å². The van der Waals surface area contributed by atoms with Gasteiger partial charge in [-0.25, -0.2) is 12.8 Å². The fourth-order valence-corrected chi connectivity index (χ4v) is 3.48. The SMILES string of the molecule is COc1ccc(C(=O)NCC(C)C)cc1CN(c1ccc(F)cc1)S(C)(=O)=O. The third-order valence-electron chi connectivity index (χ3n) is 4.04. The van der Waals surface area contributed by atoms with Crippen LogP contribution >= 0.6 is 0 Å². The highest BCUT2D eigenvalue weighted by molar-refractivity contribution is 7.92. The van der Waals surface area contributed by atoms with Crippen molar-refractivity contribution in [2.45, 2.75) is 20.4 Å². The van der Waals surface area contributed by atoms with Gasteiger partial charge >= 0.3 is 0 Å². The van der Waals surface area contributed by atoms with Crippen LogP contribution in [0.1, 0.15) is 29.8 Å². The average molecular weight is 408 g/mol. The van der Waals surface area contributed by atoms with E-state index in [2.05, 4.69) is 5.32 Å². The molecule has 1 N–H and O–H groups in total. The molecular formula is C20H25FN2O4S. The molecule has 0 spiro atoms. The summed E-state index contributed by atoms with van der Waals surface area (Å²) in [5.41, 5.74) is 1.25. The van der Waals surface area contributed by atoms with Gasteiger partial charge in [0.1, 0.15) is 11.6 Å². The van der Waals surface area contributed by atoms with Gasteiger partial charge in [-0.2, -0.15) is 0 Å². The van der Waals surface area contributed by atoms with Crippen molar-refractivity contribution in [1.29, 1.82) is 0 Å². The van der Waals surface area contributed by atoms with Crippen molar-refractivity contribution < 1.29 is 22.3 Å². The van der Waals surface area contributed by atoms with E-state index < -0.39 is 15.8 Å². The van der Waals surface area contributed by atoms with Crippen LogP contribution in [0.2, 0.25) is 0 Å². The summed E-state index contributed by atoms with van der Waals surface area (Å²) in [6.45, 7) is 4.46. The number of nitrogens with zero attached hydrogens (tertiary/aromatic N) is 1. The maximum Gasteiger partial charge on any atom is 0.251 e. The van der Waals surface area contributed by atoms with E-state index in [-0.39, 0.29) is 12.5 Å². The van der Waals surface area contributed by atoms with E-state index in [0.29, 0.717) is 35.0 Å². The standard InChI is InChI=1S/C20H25FN2O4S/c1-14(2)12-22-20(24)15-5-10-19(27-3)16(11-15)13-23(28(4,25)26)18-8-6-17(21)7-9-18/h5-11,14H,12-13H2,1-4H3,(H,22,24).